The molecular formula is C23H25N4O4+. The van der Waals surface area contributed by atoms with Gasteiger partial charge in [0, 0.05) is 42.4 Å². The maximum absolute atomic E-state index is 11.7. The van der Waals surface area contributed by atoms with E-state index >= 15 is 0 Å². The minimum atomic E-state index is -0.613. The highest BCUT2D eigenvalue weighted by atomic mass is 16.6. The molecule has 31 heavy (non-hydrogen) atoms. The van der Waals surface area contributed by atoms with Crippen molar-refractivity contribution in [1.82, 2.24) is 0 Å². The molecule has 0 saturated heterocycles. The van der Waals surface area contributed by atoms with E-state index in [1.54, 1.807) is 12.1 Å². The number of anilines is 1. The third-order valence-electron chi connectivity index (χ3n) is 6.68. The lowest BCUT2D eigenvalue weighted by molar-refractivity contribution is -0.404. The summed E-state index contributed by atoms with van der Waals surface area (Å²) in [4.78, 5) is 24.7. The van der Waals surface area contributed by atoms with E-state index in [2.05, 4.69) is 0 Å². The molecule has 2 aromatic carbocycles. The van der Waals surface area contributed by atoms with Crippen LogP contribution in [0, 0.1) is 20.2 Å². The Bertz CT molecular complexity index is 1220. The fraction of sp³-hybridized carbons (Fsp3) is 0.348. The number of hydrogen-bond donors (Lipinski definition) is 0. The number of nitro groups is 2. The maximum atomic E-state index is 11.7. The summed E-state index contributed by atoms with van der Waals surface area (Å²) in [5, 5.41) is 23.4. The van der Waals surface area contributed by atoms with Crippen LogP contribution in [0.15, 0.2) is 48.2 Å². The maximum Gasteiger partial charge on any atom is 0.280 e. The monoisotopic (exact) mass is 421 g/mol. The lowest BCUT2D eigenvalue weighted by Crippen LogP contribution is -2.31. The van der Waals surface area contributed by atoms with E-state index in [0.29, 0.717) is 11.1 Å². The lowest BCUT2D eigenvalue weighted by atomic mass is 9.77. The zero-order valence-corrected chi connectivity index (χ0v) is 18.5. The molecule has 4 rings (SSSR count). The zero-order valence-electron chi connectivity index (χ0n) is 18.5. The van der Waals surface area contributed by atoms with Crippen molar-refractivity contribution >= 4 is 28.5 Å². The standard InChI is InChI=1S/C23H25N4O4/c1-22(2)18(24(5)14-9-7-11-16(20(14)22)26(28)29)13-19-23(3,4)21-15(25(19)6)10-8-12-17(21)27(30)31/h7-13H,1-6H3/q+1. The van der Waals surface area contributed by atoms with Crippen LogP contribution in [0.4, 0.5) is 22.7 Å². The van der Waals surface area contributed by atoms with Crippen molar-refractivity contribution in [2.24, 2.45) is 0 Å². The van der Waals surface area contributed by atoms with Gasteiger partial charge < -0.3 is 4.90 Å². The van der Waals surface area contributed by atoms with Gasteiger partial charge in [-0.25, -0.2) is 0 Å². The predicted molar refractivity (Wildman–Crippen MR) is 120 cm³/mol. The Kier molecular flexibility index (Phi) is 4.32. The molecule has 2 aromatic rings. The Morgan fingerprint density at radius 2 is 1.45 bits per heavy atom. The number of fused-ring (bicyclic) bond motifs is 2. The minimum absolute atomic E-state index is 0.0979. The molecule has 0 aromatic heterocycles. The normalized spacial score (nSPS) is 19.5. The summed E-state index contributed by atoms with van der Waals surface area (Å²) < 4.78 is 1.98. The number of benzene rings is 2. The van der Waals surface area contributed by atoms with E-state index in [4.69, 9.17) is 0 Å². The molecule has 0 fully saturated rings. The van der Waals surface area contributed by atoms with Crippen molar-refractivity contribution in [3.63, 3.8) is 0 Å². The van der Waals surface area contributed by atoms with Crippen molar-refractivity contribution in [2.75, 3.05) is 19.0 Å². The third kappa shape index (κ3) is 2.71. The van der Waals surface area contributed by atoms with Crippen LogP contribution in [0.3, 0.4) is 0 Å². The van der Waals surface area contributed by atoms with Gasteiger partial charge in [-0.15, -0.1) is 0 Å². The third-order valence-corrected chi connectivity index (χ3v) is 6.68. The van der Waals surface area contributed by atoms with Gasteiger partial charge in [-0.2, -0.15) is 4.58 Å². The summed E-state index contributed by atoms with van der Waals surface area (Å²) >= 11 is 0. The number of rotatable bonds is 3. The van der Waals surface area contributed by atoms with Crippen LogP contribution in [0.25, 0.3) is 0 Å². The quantitative estimate of drug-likeness (QED) is 0.402. The van der Waals surface area contributed by atoms with Gasteiger partial charge >= 0.3 is 0 Å². The molecule has 2 heterocycles. The van der Waals surface area contributed by atoms with E-state index < -0.39 is 10.8 Å². The van der Waals surface area contributed by atoms with Gasteiger partial charge in [0.1, 0.15) is 12.6 Å². The summed E-state index contributed by atoms with van der Waals surface area (Å²) in [5.74, 6) is 0. The number of nitrogens with zero attached hydrogens (tertiary/aromatic N) is 4. The van der Waals surface area contributed by atoms with Gasteiger partial charge in [-0.05, 0) is 39.8 Å². The number of nitro benzene ring substituents is 2. The van der Waals surface area contributed by atoms with Gasteiger partial charge in [-0.1, -0.05) is 6.07 Å². The van der Waals surface area contributed by atoms with Gasteiger partial charge in [0.05, 0.1) is 26.5 Å². The number of hydrogen-bond acceptors (Lipinski definition) is 5. The topological polar surface area (TPSA) is 92.5 Å². The Labute approximate surface area is 180 Å². The van der Waals surface area contributed by atoms with Crippen LogP contribution in [0.1, 0.15) is 38.8 Å². The average Bonchev–Trinajstić information content (AvgIpc) is 3.02. The predicted octanol–water partition coefficient (Wildman–Crippen LogP) is 4.82. The Hall–Kier alpha value is -3.55. The summed E-state index contributed by atoms with van der Waals surface area (Å²) in [6, 6.07) is 10.2. The molecule has 2 aliphatic rings. The van der Waals surface area contributed by atoms with Crippen molar-refractivity contribution in [3.8, 4) is 0 Å². The molecule has 8 nitrogen and oxygen atoms in total. The Morgan fingerprint density at radius 3 is 2.03 bits per heavy atom. The van der Waals surface area contributed by atoms with Crippen LogP contribution >= 0.6 is 0 Å². The van der Waals surface area contributed by atoms with E-state index in [1.165, 1.54) is 12.1 Å². The first-order chi connectivity index (χ1) is 14.4. The highest BCUT2D eigenvalue weighted by molar-refractivity contribution is 6.05. The molecule has 0 aliphatic carbocycles. The summed E-state index contributed by atoms with van der Waals surface area (Å²) in [5.41, 5.74) is 3.73. The number of likely N-dealkylation sites (N-methyl/N-ethyl adjacent to an activating group) is 1. The molecule has 160 valence electrons. The summed E-state index contributed by atoms with van der Waals surface area (Å²) in [6.45, 7) is 7.91. The van der Waals surface area contributed by atoms with Gasteiger partial charge in [0.25, 0.3) is 11.4 Å². The first kappa shape index (κ1) is 20.7. The lowest BCUT2D eigenvalue weighted by Gasteiger charge is -2.25. The molecule has 0 N–H and O–H groups in total. The SMILES string of the molecule is CN1/C(=C/C2=[N+](C)c3cccc([N+](=O)[O-])c3C2(C)C)C(C)(C)c2c1cccc2[N+](=O)[O-]. The smallest absolute Gasteiger partial charge is 0.280 e. The highest BCUT2D eigenvalue weighted by Crippen LogP contribution is 2.52. The highest BCUT2D eigenvalue weighted by Gasteiger charge is 2.50. The Morgan fingerprint density at radius 1 is 0.903 bits per heavy atom. The first-order valence-electron chi connectivity index (χ1n) is 10.0. The average molecular weight is 421 g/mol. The summed E-state index contributed by atoms with van der Waals surface area (Å²) in [7, 11) is 3.81. The molecule has 0 spiro atoms. The molecule has 0 atom stereocenters. The Balaban J connectivity index is 1.93. The molecule has 0 radical (unpaired) electrons. The second-order valence-corrected chi connectivity index (χ2v) is 9.14. The molecule has 8 heteroatoms. The molecule has 0 amide bonds. The van der Waals surface area contributed by atoms with Gasteiger partial charge in [-0.3, -0.25) is 20.2 Å². The molecule has 2 aliphatic heterocycles. The zero-order chi connectivity index (χ0) is 22.9. The van der Waals surface area contributed by atoms with Crippen LogP contribution in [-0.4, -0.2) is 34.2 Å². The van der Waals surface area contributed by atoms with Crippen LogP contribution in [0.5, 0.6) is 0 Å². The van der Waals surface area contributed by atoms with Crippen LogP contribution < -0.4 is 4.90 Å². The van der Waals surface area contributed by atoms with E-state index in [1.807, 2.05) is 69.5 Å². The minimum Gasteiger partial charge on any atom is -0.347 e. The first-order valence-corrected chi connectivity index (χ1v) is 10.0. The molecule has 0 unspecified atom stereocenters. The molecular weight excluding hydrogens is 396 g/mol. The molecule has 0 saturated carbocycles. The summed E-state index contributed by atoms with van der Waals surface area (Å²) in [6.07, 6.45) is 2.04. The number of allylic oxidation sites excluding steroid dienone is 2. The van der Waals surface area contributed by atoms with Crippen molar-refractivity contribution in [1.29, 1.82) is 0 Å². The van der Waals surface area contributed by atoms with E-state index in [0.717, 1.165) is 22.8 Å². The fourth-order valence-corrected chi connectivity index (χ4v) is 5.24. The largest absolute Gasteiger partial charge is 0.347 e. The van der Waals surface area contributed by atoms with Crippen molar-refractivity contribution in [2.45, 2.75) is 38.5 Å². The van der Waals surface area contributed by atoms with Gasteiger partial charge in [0.15, 0.2) is 5.71 Å². The van der Waals surface area contributed by atoms with Crippen LogP contribution in [-0.2, 0) is 10.8 Å². The van der Waals surface area contributed by atoms with E-state index in [9.17, 15) is 20.2 Å². The fourth-order valence-electron chi connectivity index (χ4n) is 5.24. The van der Waals surface area contributed by atoms with E-state index in [-0.39, 0.29) is 21.2 Å². The van der Waals surface area contributed by atoms with Crippen molar-refractivity contribution < 1.29 is 14.4 Å². The van der Waals surface area contributed by atoms with Crippen molar-refractivity contribution in [3.05, 3.63) is 79.5 Å². The second-order valence-electron chi connectivity index (χ2n) is 9.14. The second kappa shape index (κ2) is 6.47. The molecule has 0 bridgehead atoms. The van der Waals surface area contributed by atoms with Gasteiger partial charge in [0.2, 0.25) is 5.69 Å². The van der Waals surface area contributed by atoms with Crippen LogP contribution in [0.2, 0.25) is 0 Å².